The molecule has 0 aromatic carbocycles. The van der Waals surface area contributed by atoms with E-state index in [1.165, 1.54) is 6.07 Å². The van der Waals surface area contributed by atoms with Crippen molar-refractivity contribution in [3.05, 3.63) is 42.4 Å². The molecule has 5 nitrogen and oxygen atoms in total. The van der Waals surface area contributed by atoms with Crippen LogP contribution in [0, 0.1) is 0 Å². The van der Waals surface area contributed by atoms with Crippen molar-refractivity contribution in [2.75, 3.05) is 11.9 Å². The zero-order valence-electron chi connectivity index (χ0n) is 13.8. The molecule has 0 spiro atoms. The molecule has 0 aliphatic rings. The van der Waals surface area contributed by atoms with E-state index in [2.05, 4.69) is 20.3 Å². The number of nitrogens with zero attached hydrogens (tertiary/aromatic N) is 2. The Morgan fingerprint density at radius 1 is 1.20 bits per heavy atom. The van der Waals surface area contributed by atoms with Gasteiger partial charge in [0, 0.05) is 35.4 Å². The molecule has 3 heterocycles. The Labute approximate surface area is 142 Å². The number of pyridine rings is 2. The van der Waals surface area contributed by atoms with Crippen molar-refractivity contribution in [3.63, 3.8) is 0 Å². The molecule has 0 saturated carbocycles. The molecule has 3 aromatic heterocycles. The van der Waals surface area contributed by atoms with Gasteiger partial charge >= 0.3 is 6.18 Å². The third kappa shape index (κ3) is 3.74. The van der Waals surface area contributed by atoms with Crippen LogP contribution < -0.4 is 11.1 Å². The smallest absolute Gasteiger partial charge is 0.381 e. The zero-order valence-corrected chi connectivity index (χ0v) is 13.8. The van der Waals surface area contributed by atoms with Crippen LogP contribution >= 0.6 is 0 Å². The lowest BCUT2D eigenvalue weighted by Crippen LogP contribution is -2.40. The maximum Gasteiger partial charge on any atom is 0.435 e. The molecular weight excluding hydrogens is 331 g/mol. The summed E-state index contributed by atoms with van der Waals surface area (Å²) in [5.74, 6) is 0. The van der Waals surface area contributed by atoms with Crippen molar-refractivity contribution in [1.82, 2.24) is 15.0 Å². The highest BCUT2D eigenvalue weighted by atomic mass is 19.4. The molecule has 0 amide bonds. The van der Waals surface area contributed by atoms with E-state index in [-0.39, 0.29) is 17.9 Å². The number of nitrogens with one attached hydrogen (secondary N) is 2. The van der Waals surface area contributed by atoms with Gasteiger partial charge in [-0.2, -0.15) is 13.2 Å². The summed E-state index contributed by atoms with van der Waals surface area (Å²) >= 11 is 0. The van der Waals surface area contributed by atoms with Gasteiger partial charge in [-0.05, 0) is 38.1 Å². The number of H-pyrrole nitrogens is 1. The summed E-state index contributed by atoms with van der Waals surface area (Å²) in [7, 11) is 0. The molecule has 132 valence electrons. The molecule has 0 fully saturated rings. The van der Waals surface area contributed by atoms with Crippen LogP contribution in [0.25, 0.3) is 22.3 Å². The fraction of sp³-hybridized carbons (Fsp3) is 0.294. The summed E-state index contributed by atoms with van der Waals surface area (Å²) < 4.78 is 40.3. The Morgan fingerprint density at radius 3 is 2.64 bits per heavy atom. The predicted octanol–water partition coefficient (Wildman–Crippen LogP) is 3.79. The van der Waals surface area contributed by atoms with Crippen LogP contribution in [-0.4, -0.2) is 27.0 Å². The van der Waals surface area contributed by atoms with Crippen LogP contribution in [0.4, 0.5) is 18.9 Å². The molecule has 3 rings (SSSR count). The van der Waals surface area contributed by atoms with Crippen LogP contribution in [0.3, 0.4) is 0 Å². The highest BCUT2D eigenvalue weighted by Crippen LogP contribution is 2.36. The number of halogens is 3. The van der Waals surface area contributed by atoms with Crippen LogP contribution in [-0.2, 0) is 6.18 Å². The molecule has 0 unspecified atom stereocenters. The highest BCUT2D eigenvalue weighted by Gasteiger charge is 2.36. The zero-order chi connectivity index (χ0) is 18.2. The second-order valence-corrected chi connectivity index (χ2v) is 6.53. The second-order valence-electron chi connectivity index (χ2n) is 6.53. The largest absolute Gasteiger partial charge is 0.435 e. The lowest BCUT2D eigenvalue weighted by molar-refractivity contribution is -0.140. The van der Waals surface area contributed by atoms with Gasteiger partial charge < -0.3 is 16.0 Å². The molecule has 4 N–H and O–H groups in total. The van der Waals surface area contributed by atoms with Crippen LogP contribution in [0.1, 0.15) is 19.5 Å². The number of aromatic nitrogens is 3. The van der Waals surface area contributed by atoms with E-state index in [0.717, 1.165) is 0 Å². The number of nitrogens with two attached hydrogens (primary N) is 1. The number of hydrogen-bond donors (Lipinski definition) is 3. The molecular formula is C17H18F3N5. The van der Waals surface area contributed by atoms with Crippen molar-refractivity contribution in [2.45, 2.75) is 25.6 Å². The van der Waals surface area contributed by atoms with Gasteiger partial charge in [0.05, 0.1) is 11.4 Å². The molecule has 3 aromatic rings. The number of anilines is 1. The van der Waals surface area contributed by atoms with Gasteiger partial charge in [-0.25, -0.2) is 9.97 Å². The third-order valence-corrected chi connectivity index (χ3v) is 3.63. The Morgan fingerprint density at radius 2 is 1.96 bits per heavy atom. The Hall–Kier alpha value is -2.61. The molecule has 8 heteroatoms. The molecule has 0 aliphatic heterocycles. The minimum atomic E-state index is -4.58. The average Bonchev–Trinajstić information content (AvgIpc) is 2.95. The average molecular weight is 349 g/mol. The van der Waals surface area contributed by atoms with Gasteiger partial charge in [-0.15, -0.1) is 0 Å². The van der Waals surface area contributed by atoms with Gasteiger partial charge in [0.1, 0.15) is 5.65 Å². The first kappa shape index (κ1) is 17.2. The minimum absolute atomic E-state index is 0.0901. The van der Waals surface area contributed by atoms with Gasteiger partial charge in [-0.1, -0.05) is 0 Å². The summed E-state index contributed by atoms with van der Waals surface area (Å²) in [6.45, 7) is 3.65. The van der Waals surface area contributed by atoms with Crippen LogP contribution in [0.15, 0.2) is 36.7 Å². The van der Waals surface area contributed by atoms with Gasteiger partial charge in [-0.3, -0.25) is 0 Å². The summed E-state index contributed by atoms with van der Waals surface area (Å²) in [5, 5.41) is 3.46. The lowest BCUT2D eigenvalue weighted by atomic mass is 10.1. The molecule has 0 atom stereocenters. The van der Waals surface area contributed by atoms with E-state index >= 15 is 0 Å². The first-order valence-electron chi connectivity index (χ1n) is 7.69. The van der Waals surface area contributed by atoms with Crippen molar-refractivity contribution in [2.24, 2.45) is 5.73 Å². The predicted molar refractivity (Wildman–Crippen MR) is 91.1 cm³/mol. The molecule has 0 bridgehead atoms. The molecule has 0 radical (unpaired) electrons. The number of fused-ring (bicyclic) bond motifs is 1. The summed E-state index contributed by atoms with van der Waals surface area (Å²) in [5.41, 5.74) is 5.52. The van der Waals surface area contributed by atoms with Crippen LogP contribution in [0.2, 0.25) is 0 Å². The SMILES string of the molecule is CC(C)(N)CNc1ccc(-c2c[nH]c3ncccc23)nc1C(F)(F)F. The quantitative estimate of drug-likeness (QED) is 0.669. The highest BCUT2D eigenvalue weighted by molar-refractivity contribution is 5.92. The van der Waals surface area contributed by atoms with Crippen LogP contribution in [0.5, 0.6) is 0 Å². The maximum absolute atomic E-state index is 13.4. The lowest BCUT2D eigenvalue weighted by Gasteiger charge is -2.21. The normalized spacial score (nSPS) is 12.6. The summed E-state index contributed by atoms with van der Waals surface area (Å²) in [6, 6.07) is 6.44. The topological polar surface area (TPSA) is 79.6 Å². The van der Waals surface area contributed by atoms with E-state index < -0.39 is 17.4 Å². The van der Waals surface area contributed by atoms with Crippen molar-refractivity contribution < 1.29 is 13.2 Å². The first-order valence-corrected chi connectivity index (χ1v) is 7.69. The molecule has 0 aliphatic carbocycles. The van der Waals surface area contributed by atoms with Crippen molar-refractivity contribution in [3.8, 4) is 11.3 Å². The second kappa shape index (κ2) is 6.03. The number of rotatable bonds is 4. The summed E-state index contributed by atoms with van der Waals surface area (Å²) in [6.07, 6.45) is -1.36. The first-order chi connectivity index (χ1) is 11.6. The maximum atomic E-state index is 13.4. The Balaban J connectivity index is 2.05. The van der Waals surface area contributed by atoms with Crippen molar-refractivity contribution in [1.29, 1.82) is 0 Å². The molecule has 0 saturated heterocycles. The van der Waals surface area contributed by atoms with Gasteiger partial charge in [0.15, 0.2) is 5.69 Å². The number of alkyl halides is 3. The number of hydrogen-bond acceptors (Lipinski definition) is 4. The molecule has 25 heavy (non-hydrogen) atoms. The van der Waals surface area contributed by atoms with Gasteiger partial charge in [0.2, 0.25) is 0 Å². The van der Waals surface area contributed by atoms with E-state index in [9.17, 15) is 13.2 Å². The van der Waals surface area contributed by atoms with Crippen molar-refractivity contribution >= 4 is 16.7 Å². The number of aromatic amines is 1. The Bertz CT molecular complexity index is 893. The monoisotopic (exact) mass is 349 g/mol. The minimum Gasteiger partial charge on any atom is -0.381 e. The standard InChI is InChI=1S/C17H18F3N5/c1-16(2,21)9-24-13-6-5-12(25-14(13)17(18,19)20)11-8-23-15-10(11)4-3-7-22-15/h3-8,24H,9,21H2,1-2H3,(H,22,23). The van der Waals surface area contributed by atoms with Gasteiger partial charge in [0.25, 0.3) is 0 Å². The fourth-order valence-electron chi connectivity index (χ4n) is 2.46. The van der Waals surface area contributed by atoms with E-state index in [4.69, 9.17) is 5.73 Å². The van der Waals surface area contributed by atoms with E-state index in [0.29, 0.717) is 16.6 Å². The van der Waals surface area contributed by atoms with E-state index in [1.807, 2.05) is 0 Å². The summed E-state index contributed by atoms with van der Waals surface area (Å²) in [4.78, 5) is 10.9. The van der Waals surface area contributed by atoms with E-state index in [1.54, 1.807) is 44.4 Å². The third-order valence-electron chi connectivity index (χ3n) is 3.63. The Kier molecular flexibility index (Phi) is 4.16. The fourth-order valence-corrected chi connectivity index (χ4v) is 2.46.